The van der Waals surface area contributed by atoms with Gasteiger partial charge in [-0.15, -0.1) is 0 Å². The third-order valence-electron chi connectivity index (χ3n) is 2.92. The average Bonchev–Trinajstić information content (AvgIpc) is 2.26. The second kappa shape index (κ2) is 6.77. The lowest BCUT2D eigenvalue weighted by Crippen LogP contribution is -2.29. The van der Waals surface area contributed by atoms with E-state index in [-0.39, 0.29) is 18.2 Å². The van der Waals surface area contributed by atoms with Gasteiger partial charge in [-0.25, -0.2) is 0 Å². The van der Waals surface area contributed by atoms with Crippen molar-refractivity contribution in [3.63, 3.8) is 0 Å². The molecule has 3 unspecified atom stereocenters. The maximum atomic E-state index is 6.07. The molecule has 1 aromatic carbocycles. The fourth-order valence-electron chi connectivity index (χ4n) is 2.08. The largest absolute Gasteiger partial charge is 0.369 e. The van der Waals surface area contributed by atoms with Crippen LogP contribution in [0.5, 0.6) is 0 Å². The number of aryl methyl sites for hydroxylation is 1. The molecule has 1 rings (SSSR count). The van der Waals surface area contributed by atoms with Crippen LogP contribution in [-0.2, 0) is 4.74 Å². The zero-order chi connectivity index (χ0) is 12.8. The molecule has 1 aromatic rings. The molecule has 2 N–H and O–H groups in total. The molecule has 2 nitrogen and oxygen atoms in total. The molecule has 0 spiro atoms. The van der Waals surface area contributed by atoms with E-state index in [0.29, 0.717) is 0 Å². The highest BCUT2D eigenvalue weighted by Gasteiger charge is 2.19. The van der Waals surface area contributed by atoms with Gasteiger partial charge in [0.15, 0.2) is 0 Å². The zero-order valence-electron chi connectivity index (χ0n) is 11.4. The fourth-order valence-corrected chi connectivity index (χ4v) is 2.08. The number of benzene rings is 1. The fraction of sp³-hybridized carbons (Fsp3) is 0.600. The first-order valence-electron chi connectivity index (χ1n) is 6.52. The SMILES string of the molecule is CCCC(C)OC(c1cccc(C)c1)C(C)N. The molecule has 0 aliphatic rings. The Balaban J connectivity index is 2.79. The highest BCUT2D eigenvalue weighted by atomic mass is 16.5. The van der Waals surface area contributed by atoms with Crippen molar-refractivity contribution in [2.75, 3.05) is 0 Å². The van der Waals surface area contributed by atoms with Crippen LogP contribution in [0.3, 0.4) is 0 Å². The molecule has 0 amide bonds. The van der Waals surface area contributed by atoms with E-state index in [1.54, 1.807) is 0 Å². The molecule has 96 valence electrons. The molecule has 2 heteroatoms. The highest BCUT2D eigenvalue weighted by molar-refractivity contribution is 5.25. The van der Waals surface area contributed by atoms with Crippen LogP contribution in [0, 0.1) is 6.92 Å². The third kappa shape index (κ3) is 4.49. The van der Waals surface area contributed by atoms with Crippen LogP contribution in [0.4, 0.5) is 0 Å². The topological polar surface area (TPSA) is 35.2 Å². The number of hydrogen-bond donors (Lipinski definition) is 1. The molecule has 0 saturated heterocycles. The molecule has 0 bridgehead atoms. The first kappa shape index (κ1) is 14.2. The summed E-state index contributed by atoms with van der Waals surface area (Å²) in [7, 11) is 0. The summed E-state index contributed by atoms with van der Waals surface area (Å²) in [5.41, 5.74) is 8.47. The molecular formula is C15H25NO. The Kier molecular flexibility index (Phi) is 5.66. The van der Waals surface area contributed by atoms with Crippen LogP contribution in [0.2, 0.25) is 0 Å². The summed E-state index contributed by atoms with van der Waals surface area (Å²) in [6.07, 6.45) is 2.48. The molecule has 3 atom stereocenters. The van der Waals surface area contributed by atoms with Gasteiger partial charge in [0, 0.05) is 6.04 Å². The smallest absolute Gasteiger partial charge is 0.0976 e. The molecular weight excluding hydrogens is 210 g/mol. The van der Waals surface area contributed by atoms with Crippen molar-refractivity contribution in [2.45, 2.75) is 58.8 Å². The van der Waals surface area contributed by atoms with Crippen molar-refractivity contribution in [2.24, 2.45) is 5.73 Å². The Morgan fingerprint density at radius 3 is 2.53 bits per heavy atom. The van der Waals surface area contributed by atoms with E-state index in [0.717, 1.165) is 12.8 Å². The Labute approximate surface area is 105 Å². The first-order valence-corrected chi connectivity index (χ1v) is 6.52. The summed E-state index contributed by atoms with van der Waals surface area (Å²) < 4.78 is 6.07. The van der Waals surface area contributed by atoms with Gasteiger partial charge in [0.05, 0.1) is 12.2 Å². The predicted molar refractivity (Wildman–Crippen MR) is 73.0 cm³/mol. The van der Waals surface area contributed by atoms with E-state index in [9.17, 15) is 0 Å². The van der Waals surface area contributed by atoms with Gasteiger partial charge in [-0.3, -0.25) is 0 Å². The normalized spacial score (nSPS) is 16.5. The number of hydrogen-bond acceptors (Lipinski definition) is 2. The van der Waals surface area contributed by atoms with Gasteiger partial charge in [0.2, 0.25) is 0 Å². The Morgan fingerprint density at radius 2 is 2.00 bits per heavy atom. The van der Waals surface area contributed by atoms with Gasteiger partial charge in [-0.1, -0.05) is 43.2 Å². The summed E-state index contributed by atoms with van der Waals surface area (Å²) in [4.78, 5) is 0. The monoisotopic (exact) mass is 235 g/mol. The minimum absolute atomic E-state index is 0.00329. The van der Waals surface area contributed by atoms with Crippen LogP contribution in [0.15, 0.2) is 24.3 Å². The minimum Gasteiger partial charge on any atom is -0.369 e. The van der Waals surface area contributed by atoms with E-state index in [1.165, 1.54) is 11.1 Å². The maximum Gasteiger partial charge on any atom is 0.0976 e. The van der Waals surface area contributed by atoms with Gasteiger partial charge >= 0.3 is 0 Å². The van der Waals surface area contributed by atoms with E-state index in [1.807, 2.05) is 6.92 Å². The summed E-state index contributed by atoms with van der Waals surface area (Å²) in [5, 5.41) is 0. The minimum atomic E-state index is -0.00329. The third-order valence-corrected chi connectivity index (χ3v) is 2.92. The molecule has 0 saturated carbocycles. The maximum absolute atomic E-state index is 6.07. The number of nitrogens with two attached hydrogens (primary N) is 1. The number of rotatable bonds is 6. The van der Waals surface area contributed by atoms with Gasteiger partial charge in [-0.2, -0.15) is 0 Å². The van der Waals surface area contributed by atoms with Gasteiger partial charge < -0.3 is 10.5 Å². The van der Waals surface area contributed by atoms with Crippen LogP contribution in [0.1, 0.15) is 50.8 Å². The molecule has 0 aliphatic heterocycles. The summed E-state index contributed by atoms with van der Waals surface area (Å²) in [6.45, 7) is 8.39. The highest BCUT2D eigenvalue weighted by Crippen LogP contribution is 2.24. The molecule has 0 fully saturated rings. The lowest BCUT2D eigenvalue weighted by molar-refractivity contribution is -0.0187. The summed E-state index contributed by atoms with van der Waals surface area (Å²) >= 11 is 0. The predicted octanol–water partition coefficient (Wildman–Crippen LogP) is 3.59. The molecule has 0 heterocycles. The lowest BCUT2D eigenvalue weighted by Gasteiger charge is -2.26. The van der Waals surface area contributed by atoms with Crippen molar-refractivity contribution in [1.29, 1.82) is 0 Å². The number of ether oxygens (including phenoxy) is 1. The van der Waals surface area contributed by atoms with Crippen molar-refractivity contribution in [3.05, 3.63) is 35.4 Å². The average molecular weight is 235 g/mol. The van der Waals surface area contributed by atoms with E-state index >= 15 is 0 Å². The van der Waals surface area contributed by atoms with E-state index in [2.05, 4.69) is 45.0 Å². The van der Waals surface area contributed by atoms with Gasteiger partial charge in [-0.05, 0) is 32.8 Å². The van der Waals surface area contributed by atoms with Crippen molar-refractivity contribution in [3.8, 4) is 0 Å². The van der Waals surface area contributed by atoms with Crippen LogP contribution >= 0.6 is 0 Å². The van der Waals surface area contributed by atoms with E-state index < -0.39 is 0 Å². The lowest BCUT2D eigenvalue weighted by atomic mass is 10.0. The first-order chi connectivity index (χ1) is 8.04. The standard InChI is InChI=1S/C15H25NO/c1-5-7-12(3)17-15(13(4)16)14-9-6-8-11(2)10-14/h6,8-10,12-13,15H,5,7,16H2,1-4H3. The van der Waals surface area contributed by atoms with Crippen LogP contribution in [-0.4, -0.2) is 12.1 Å². The Bertz CT molecular complexity index is 335. The van der Waals surface area contributed by atoms with Crippen molar-refractivity contribution in [1.82, 2.24) is 0 Å². The zero-order valence-corrected chi connectivity index (χ0v) is 11.4. The summed E-state index contributed by atoms with van der Waals surface area (Å²) in [5.74, 6) is 0. The van der Waals surface area contributed by atoms with Gasteiger partial charge in [0.25, 0.3) is 0 Å². The van der Waals surface area contributed by atoms with Crippen molar-refractivity contribution < 1.29 is 4.74 Å². The second-order valence-electron chi connectivity index (χ2n) is 4.93. The van der Waals surface area contributed by atoms with E-state index in [4.69, 9.17) is 10.5 Å². The summed E-state index contributed by atoms with van der Waals surface area (Å²) in [6, 6.07) is 8.42. The molecule has 0 aromatic heterocycles. The quantitative estimate of drug-likeness (QED) is 0.818. The molecule has 0 radical (unpaired) electrons. The molecule has 0 aliphatic carbocycles. The Hall–Kier alpha value is -0.860. The Morgan fingerprint density at radius 1 is 1.29 bits per heavy atom. The van der Waals surface area contributed by atoms with Crippen LogP contribution < -0.4 is 5.73 Å². The van der Waals surface area contributed by atoms with Crippen molar-refractivity contribution >= 4 is 0 Å². The van der Waals surface area contributed by atoms with Gasteiger partial charge in [0.1, 0.15) is 0 Å². The second-order valence-corrected chi connectivity index (χ2v) is 4.93. The molecule has 17 heavy (non-hydrogen) atoms. The van der Waals surface area contributed by atoms with Crippen LogP contribution in [0.25, 0.3) is 0 Å².